The van der Waals surface area contributed by atoms with Gasteiger partial charge in [-0.15, -0.1) is 11.3 Å². The fraction of sp³-hybridized carbons (Fsp3) is 0.500. The molecule has 1 unspecified atom stereocenters. The van der Waals surface area contributed by atoms with Crippen LogP contribution in [0.15, 0.2) is 6.20 Å². The molecule has 0 radical (unpaired) electrons. The topological polar surface area (TPSA) is 83.6 Å². The summed E-state index contributed by atoms with van der Waals surface area (Å²) in [4.78, 5) is 17.7. The quantitative estimate of drug-likeness (QED) is 0.897. The van der Waals surface area contributed by atoms with Crippen LogP contribution in [0, 0.1) is 0 Å². The van der Waals surface area contributed by atoms with Crippen molar-refractivity contribution < 1.29 is 4.79 Å². The lowest BCUT2D eigenvalue weighted by molar-refractivity contribution is -0.118. The molecular formula is C12H15N5OS. The zero-order chi connectivity index (χ0) is 13.2. The number of thiazole rings is 1. The van der Waals surface area contributed by atoms with Gasteiger partial charge in [-0.3, -0.25) is 4.79 Å². The van der Waals surface area contributed by atoms with E-state index in [1.54, 1.807) is 0 Å². The highest BCUT2D eigenvalue weighted by Crippen LogP contribution is 2.30. The molecule has 100 valence electrons. The summed E-state index contributed by atoms with van der Waals surface area (Å²) in [6.45, 7) is 2.07. The van der Waals surface area contributed by atoms with E-state index in [-0.39, 0.29) is 11.8 Å². The zero-order valence-corrected chi connectivity index (χ0v) is 11.5. The van der Waals surface area contributed by atoms with Crippen molar-refractivity contribution in [3.63, 3.8) is 0 Å². The van der Waals surface area contributed by atoms with Crippen LogP contribution in [-0.2, 0) is 17.6 Å². The molecule has 0 spiro atoms. The van der Waals surface area contributed by atoms with Crippen molar-refractivity contribution in [1.29, 1.82) is 0 Å². The Labute approximate surface area is 114 Å². The maximum Gasteiger partial charge on any atom is 0.235 e. The third-order valence-corrected chi connectivity index (χ3v) is 4.39. The van der Waals surface area contributed by atoms with Crippen LogP contribution in [-0.4, -0.2) is 26.3 Å². The largest absolute Gasteiger partial charge is 0.301 e. The highest BCUT2D eigenvalue weighted by atomic mass is 32.1. The number of aromatic amines is 1. The van der Waals surface area contributed by atoms with E-state index in [0.29, 0.717) is 5.13 Å². The van der Waals surface area contributed by atoms with Gasteiger partial charge in [0.25, 0.3) is 0 Å². The van der Waals surface area contributed by atoms with Crippen LogP contribution in [0.2, 0.25) is 0 Å². The molecule has 2 aromatic heterocycles. The van der Waals surface area contributed by atoms with Crippen molar-refractivity contribution >= 4 is 22.4 Å². The Balaban J connectivity index is 1.75. The van der Waals surface area contributed by atoms with Crippen molar-refractivity contribution in [1.82, 2.24) is 20.4 Å². The summed E-state index contributed by atoms with van der Waals surface area (Å²) in [6.07, 6.45) is 5.42. The van der Waals surface area contributed by atoms with Gasteiger partial charge in [0.05, 0.1) is 17.3 Å². The minimum Gasteiger partial charge on any atom is -0.301 e. The van der Waals surface area contributed by atoms with Gasteiger partial charge in [-0.2, -0.15) is 15.4 Å². The molecule has 7 heteroatoms. The lowest BCUT2D eigenvalue weighted by Crippen LogP contribution is -2.24. The van der Waals surface area contributed by atoms with Crippen LogP contribution in [0.25, 0.3) is 0 Å². The first-order valence-corrected chi connectivity index (χ1v) is 7.24. The van der Waals surface area contributed by atoms with Crippen LogP contribution in [0.4, 0.5) is 5.13 Å². The minimum atomic E-state index is -0.212. The maximum atomic E-state index is 12.3. The first kappa shape index (κ1) is 12.3. The molecule has 1 atom stereocenters. The fourth-order valence-electron chi connectivity index (χ4n) is 2.31. The van der Waals surface area contributed by atoms with Crippen LogP contribution < -0.4 is 5.32 Å². The number of hydrogen-bond donors (Lipinski definition) is 2. The Morgan fingerprint density at radius 3 is 3.26 bits per heavy atom. The summed E-state index contributed by atoms with van der Waals surface area (Å²) in [6, 6.07) is 0. The standard InChI is InChI=1S/C12H15N5OS/c1-2-7-6-13-12(19-7)14-11(18)8-4-3-5-9-10(8)16-17-15-9/h6,8H,2-5H2,1H3,(H,13,14,18)(H,15,16,17). The average molecular weight is 277 g/mol. The lowest BCUT2D eigenvalue weighted by atomic mass is 9.89. The Morgan fingerprint density at radius 1 is 1.58 bits per heavy atom. The number of amides is 1. The smallest absolute Gasteiger partial charge is 0.235 e. The number of rotatable bonds is 3. The second kappa shape index (κ2) is 5.08. The molecule has 3 rings (SSSR count). The van der Waals surface area contributed by atoms with Gasteiger partial charge in [0, 0.05) is 11.1 Å². The molecule has 0 aliphatic heterocycles. The first-order chi connectivity index (χ1) is 9.28. The van der Waals surface area contributed by atoms with E-state index in [0.717, 1.165) is 37.1 Å². The van der Waals surface area contributed by atoms with Crippen LogP contribution in [0.3, 0.4) is 0 Å². The molecule has 19 heavy (non-hydrogen) atoms. The van der Waals surface area contributed by atoms with Gasteiger partial charge in [0.1, 0.15) is 0 Å². The molecule has 0 saturated carbocycles. The van der Waals surface area contributed by atoms with Gasteiger partial charge in [-0.05, 0) is 25.7 Å². The molecule has 0 saturated heterocycles. The van der Waals surface area contributed by atoms with E-state index in [2.05, 4.69) is 32.6 Å². The van der Waals surface area contributed by atoms with Crippen molar-refractivity contribution in [3.8, 4) is 0 Å². The number of hydrogen-bond acceptors (Lipinski definition) is 5. The summed E-state index contributed by atoms with van der Waals surface area (Å²) >= 11 is 1.52. The number of anilines is 1. The van der Waals surface area contributed by atoms with E-state index < -0.39 is 0 Å². The predicted octanol–water partition coefficient (Wildman–Crippen LogP) is 1.88. The van der Waals surface area contributed by atoms with Gasteiger partial charge in [-0.25, -0.2) is 4.98 Å². The van der Waals surface area contributed by atoms with Gasteiger partial charge < -0.3 is 5.32 Å². The summed E-state index contributed by atoms with van der Waals surface area (Å²) in [7, 11) is 0. The monoisotopic (exact) mass is 277 g/mol. The Bertz CT molecular complexity index is 590. The molecule has 1 aliphatic rings. The van der Waals surface area contributed by atoms with Crippen LogP contribution >= 0.6 is 11.3 Å². The third kappa shape index (κ3) is 2.37. The number of aromatic nitrogens is 4. The number of aryl methyl sites for hydroxylation is 2. The van der Waals surface area contributed by atoms with Gasteiger partial charge >= 0.3 is 0 Å². The second-order valence-corrected chi connectivity index (χ2v) is 5.69. The highest BCUT2D eigenvalue weighted by molar-refractivity contribution is 7.15. The van der Waals surface area contributed by atoms with E-state index in [1.165, 1.54) is 16.2 Å². The number of nitrogens with one attached hydrogen (secondary N) is 2. The summed E-state index contributed by atoms with van der Waals surface area (Å²) < 4.78 is 0. The Hall–Kier alpha value is -1.76. The molecule has 2 heterocycles. The SMILES string of the molecule is CCc1cnc(NC(=O)C2CCCc3n[nH]nc32)s1. The maximum absolute atomic E-state index is 12.3. The predicted molar refractivity (Wildman–Crippen MR) is 72.2 cm³/mol. The lowest BCUT2D eigenvalue weighted by Gasteiger charge is -2.18. The van der Waals surface area contributed by atoms with E-state index >= 15 is 0 Å². The molecule has 0 bridgehead atoms. The number of fused-ring (bicyclic) bond motifs is 1. The zero-order valence-electron chi connectivity index (χ0n) is 10.6. The van der Waals surface area contributed by atoms with Crippen molar-refractivity contribution in [2.24, 2.45) is 0 Å². The molecule has 2 aromatic rings. The van der Waals surface area contributed by atoms with Crippen molar-refractivity contribution in [2.45, 2.75) is 38.5 Å². The third-order valence-electron chi connectivity index (χ3n) is 3.34. The van der Waals surface area contributed by atoms with Crippen LogP contribution in [0.5, 0.6) is 0 Å². The van der Waals surface area contributed by atoms with E-state index in [1.807, 2.05) is 6.20 Å². The van der Waals surface area contributed by atoms with Gasteiger partial charge in [0.2, 0.25) is 5.91 Å². The van der Waals surface area contributed by atoms with E-state index in [4.69, 9.17) is 0 Å². The fourth-order valence-corrected chi connectivity index (χ4v) is 3.07. The Kier molecular flexibility index (Phi) is 3.29. The van der Waals surface area contributed by atoms with Gasteiger partial charge in [0.15, 0.2) is 5.13 Å². The molecular weight excluding hydrogens is 262 g/mol. The Morgan fingerprint density at radius 2 is 2.47 bits per heavy atom. The average Bonchev–Trinajstić information content (AvgIpc) is 3.05. The highest BCUT2D eigenvalue weighted by Gasteiger charge is 2.30. The van der Waals surface area contributed by atoms with E-state index in [9.17, 15) is 4.79 Å². The normalized spacial score (nSPS) is 18.1. The van der Waals surface area contributed by atoms with Crippen LogP contribution in [0.1, 0.15) is 41.9 Å². The molecule has 0 aromatic carbocycles. The van der Waals surface area contributed by atoms with Crippen molar-refractivity contribution in [3.05, 3.63) is 22.5 Å². The van der Waals surface area contributed by atoms with Gasteiger partial charge in [-0.1, -0.05) is 6.92 Å². The molecule has 6 nitrogen and oxygen atoms in total. The molecule has 2 N–H and O–H groups in total. The summed E-state index contributed by atoms with van der Waals surface area (Å²) in [5.74, 6) is -0.247. The number of carbonyl (C=O) groups is 1. The summed E-state index contributed by atoms with van der Waals surface area (Å²) in [5, 5.41) is 14.4. The number of carbonyl (C=O) groups excluding carboxylic acids is 1. The molecule has 0 fully saturated rings. The van der Waals surface area contributed by atoms with Crippen molar-refractivity contribution in [2.75, 3.05) is 5.32 Å². The number of nitrogens with zero attached hydrogens (tertiary/aromatic N) is 3. The first-order valence-electron chi connectivity index (χ1n) is 6.43. The summed E-state index contributed by atoms with van der Waals surface area (Å²) in [5.41, 5.74) is 1.70. The minimum absolute atomic E-state index is 0.0353. The second-order valence-electron chi connectivity index (χ2n) is 4.57. The number of H-pyrrole nitrogens is 1. The molecule has 1 amide bonds. The molecule has 1 aliphatic carbocycles.